The first-order valence-electron chi connectivity index (χ1n) is 5.58. The van der Waals surface area contributed by atoms with Crippen molar-refractivity contribution in [2.24, 2.45) is 0 Å². The molecule has 0 atom stereocenters. The maximum absolute atomic E-state index is 10.9. The molecule has 0 heterocycles. The van der Waals surface area contributed by atoms with Gasteiger partial charge in [0.05, 0.1) is 6.61 Å². The van der Waals surface area contributed by atoms with Crippen molar-refractivity contribution in [1.82, 2.24) is 0 Å². The highest BCUT2D eigenvalue weighted by atomic mass is 16.5. The van der Waals surface area contributed by atoms with Crippen LogP contribution in [0.1, 0.15) is 45.4 Å². The number of esters is 1. The van der Waals surface area contributed by atoms with Crippen molar-refractivity contribution in [3.05, 3.63) is 12.2 Å². The van der Waals surface area contributed by atoms with Crippen molar-refractivity contribution in [3.8, 4) is 0 Å². The Hall–Kier alpha value is -1.12. The number of carbonyl (C=O) groups excluding carboxylic acids is 2. The van der Waals surface area contributed by atoms with Gasteiger partial charge in [-0.3, -0.25) is 0 Å². The zero-order chi connectivity index (χ0) is 11.4. The van der Waals surface area contributed by atoms with Gasteiger partial charge in [-0.25, -0.2) is 4.79 Å². The van der Waals surface area contributed by atoms with Crippen molar-refractivity contribution in [2.75, 3.05) is 6.61 Å². The number of hydrogen-bond acceptors (Lipinski definition) is 3. The van der Waals surface area contributed by atoms with Gasteiger partial charge in [0.25, 0.3) is 0 Å². The quantitative estimate of drug-likeness (QED) is 0.255. The van der Waals surface area contributed by atoms with E-state index in [9.17, 15) is 9.59 Å². The van der Waals surface area contributed by atoms with E-state index >= 15 is 0 Å². The van der Waals surface area contributed by atoms with Crippen molar-refractivity contribution >= 4 is 12.3 Å². The predicted molar refractivity (Wildman–Crippen MR) is 59.5 cm³/mol. The first kappa shape index (κ1) is 13.9. The summed E-state index contributed by atoms with van der Waals surface area (Å²) in [6.45, 7) is 2.22. The number of hydrogen-bond donors (Lipinski definition) is 0. The highest BCUT2D eigenvalue weighted by Gasteiger charge is 1.92. The van der Waals surface area contributed by atoms with Gasteiger partial charge in [0.1, 0.15) is 6.29 Å². The van der Waals surface area contributed by atoms with Gasteiger partial charge in [-0.1, -0.05) is 18.9 Å². The first-order valence-corrected chi connectivity index (χ1v) is 5.58. The van der Waals surface area contributed by atoms with E-state index in [0.717, 1.165) is 38.4 Å². The summed E-state index contributed by atoms with van der Waals surface area (Å²) in [4.78, 5) is 20.9. The van der Waals surface area contributed by atoms with E-state index in [2.05, 4.69) is 0 Å². The smallest absolute Gasteiger partial charge is 0.330 e. The molecule has 0 rings (SSSR count). The van der Waals surface area contributed by atoms with Crippen LogP contribution in [0.25, 0.3) is 0 Å². The Kier molecular flexibility index (Phi) is 10.1. The number of rotatable bonds is 9. The average molecular weight is 212 g/mol. The van der Waals surface area contributed by atoms with Gasteiger partial charge in [-0.15, -0.1) is 0 Å². The summed E-state index contributed by atoms with van der Waals surface area (Å²) in [5.74, 6) is -0.265. The Morgan fingerprint density at radius 2 is 1.80 bits per heavy atom. The molecule has 15 heavy (non-hydrogen) atoms. The SMILES string of the molecule is CCOC(=O)/C=C/CCCCCCC=O. The van der Waals surface area contributed by atoms with Gasteiger partial charge in [0.15, 0.2) is 0 Å². The molecule has 0 bridgehead atoms. The van der Waals surface area contributed by atoms with Crippen LogP contribution in [0.5, 0.6) is 0 Å². The molecule has 0 fully saturated rings. The number of aldehydes is 1. The normalized spacial score (nSPS) is 10.5. The standard InChI is InChI=1S/C12H20O3/c1-2-15-12(14)10-8-6-4-3-5-7-9-11-13/h8,10-11H,2-7,9H2,1H3/b10-8+. The van der Waals surface area contributed by atoms with Crippen LogP contribution in [0.4, 0.5) is 0 Å². The summed E-state index contributed by atoms with van der Waals surface area (Å²) >= 11 is 0. The van der Waals surface area contributed by atoms with Crippen molar-refractivity contribution in [2.45, 2.75) is 45.4 Å². The molecule has 0 aromatic heterocycles. The second-order valence-corrected chi connectivity index (χ2v) is 3.31. The molecule has 3 nitrogen and oxygen atoms in total. The van der Waals surface area contributed by atoms with E-state index in [1.807, 2.05) is 6.08 Å². The second-order valence-electron chi connectivity index (χ2n) is 3.31. The Balaban J connectivity index is 3.22. The molecular weight excluding hydrogens is 192 g/mol. The molecule has 0 saturated carbocycles. The molecule has 0 aliphatic carbocycles. The van der Waals surface area contributed by atoms with Gasteiger partial charge in [-0.05, 0) is 26.2 Å². The third-order valence-corrected chi connectivity index (χ3v) is 1.98. The van der Waals surface area contributed by atoms with Crippen LogP contribution in [0.3, 0.4) is 0 Å². The van der Waals surface area contributed by atoms with Gasteiger partial charge < -0.3 is 9.53 Å². The summed E-state index contributed by atoms with van der Waals surface area (Å²) in [6.07, 6.45) is 10.1. The molecule has 0 aromatic rings. The summed E-state index contributed by atoms with van der Waals surface area (Å²) < 4.78 is 4.74. The van der Waals surface area contributed by atoms with Gasteiger partial charge in [-0.2, -0.15) is 0 Å². The monoisotopic (exact) mass is 212 g/mol. The highest BCUT2D eigenvalue weighted by Crippen LogP contribution is 2.04. The van der Waals surface area contributed by atoms with E-state index in [1.165, 1.54) is 6.08 Å². The van der Waals surface area contributed by atoms with Gasteiger partial charge >= 0.3 is 5.97 Å². The van der Waals surface area contributed by atoms with Crippen molar-refractivity contribution in [1.29, 1.82) is 0 Å². The average Bonchev–Trinajstić information content (AvgIpc) is 2.22. The van der Waals surface area contributed by atoms with E-state index in [1.54, 1.807) is 6.92 Å². The molecule has 0 amide bonds. The molecule has 0 aliphatic rings. The molecule has 0 aromatic carbocycles. The molecule has 0 spiro atoms. The number of ether oxygens (including phenoxy) is 1. The Bertz CT molecular complexity index is 197. The molecule has 0 radical (unpaired) electrons. The van der Waals surface area contributed by atoms with Gasteiger partial charge in [0, 0.05) is 12.5 Å². The largest absolute Gasteiger partial charge is 0.463 e. The maximum atomic E-state index is 10.9. The van der Waals surface area contributed by atoms with E-state index < -0.39 is 0 Å². The molecule has 0 saturated heterocycles. The van der Waals surface area contributed by atoms with Crippen LogP contribution >= 0.6 is 0 Å². The van der Waals surface area contributed by atoms with Crippen LogP contribution in [0.15, 0.2) is 12.2 Å². The van der Waals surface area contributed by atoms with E-state index in [-0.39, 0.29) is 5.97 Å². The lowest BCUT2D eigenvalue weighted by Gasteiger charge is -1.96. The molecule has 3 heteroatoms. The third-order valence-electron chi connectivity index (χ3n) is 1.98. The Morgan fingerprint density at radius 1 is 1.13 bits per heavy atom. The third kappa shape index (κ3) is 10.8. The molecule has 0 aliphatic heterocycles. The summed E-state index contributed by atoms with van der Waals surface area (Å²) in [6, 6.07) is 0. The summed E-state index contributed by atoms with van der Waals surface area (Å²) in [5, 5.41) is 0. The van der Waals surface area contributed by atoms with Crippen LogP contribution in [0, 0.1) is 0 Å². The molecule has 86 valence electrons. The minimum Gasteiger partial charge on any atom is -0.463 e. The highest BCUT2D eigenvalue weighted by molar-refractivity contribution is 5.81. The fraction of sp³-hybridized carbons (Fsp3) is 0.667. The molecule has 0 unspecified atom stereocenters. The minimum absolute atomic E-state index is 0.265. The molecular formula is C12H20O3. The maximum Gasteiger partial charge on any atom is 0.330 e. The van der Waals surface area contributed by atoms with Crippen LogP contribution in [0.2, 0.25) is 0 Å². The van der Waals surface area contributed by atoms with E-state index in [0.29, 0.717) is 13.0 Å². The topological polar surface area (TPSA) is 43.4 Å². The fourth-order valence-corrected chi connectivity index (χ4v) is 1.21. The van der Waals surface area contributed by atoms with Crippen molar-refractivity contribution < 1.29 is 14.3 Å². The van der Waals surface area contributed by atoms with Crippen molar-refractivity contribution in [3.63, 3.8) is 0 Å². The Labute approximate surface area is 91.5 Å². The number of unbranched alkanes of at least 4 members (excludes halogenated alkanes) is 5. The number of carbonyl (C=O) groups is 2. The summed E-state index contributed by atoms with van der Waals surface area (Å²) in [7, 11) is 0. The van der Waals surface area contributed by atoms with Crippen LogP contribution < -0.4 is 0 Å². The van der Waals surface area contributed by atoms with Crippen LogP contribution in [-0.4, -0.2) is 18.9 Å². The lowest BCUT2D eigenvalue weighted by molar-refractivity contribution is -0.137. The second kappa shape index (κ2) is 11.0. The lowest BCUT2D eigenvalue weighted by atomic mass is 10.1. The first-order chi connectivity index (χ1) is 7.31. The van der Waals surface area contributed by atoms with Gasteiger partial charge in [0.2, 0.25) is 0 Å². The zero-order valence-corrected chi connectivity index (χ0v) is 9.41. The fourth-order valence-electron chi connectivity index (χ4n) is 1.21. The number of allylic oxidation sites excluding steroid dienone is 1. The minimum atomic E-state index is -0.265. The van der Waals surface area contributed by atoms with E-state index in [4.69, 9.17) is 4.74 Å². The Morgan fingerprint density at radius 3 is 2.40 bits per heavy atom. The zero-order valence-electron chi connectivity index (χ0n) is 9.41. The predicted octanol–water partition coefficient (Wildman–Crippen LogP) is 2.65. The lowest BCUT2D eigenvalue weighted by Crippen LogP contribution is -1.98. The van der Waals surface area contributed by atoms with Crippen LogP contribution in [-0.2, 0) is 14.3 Å². The summed E-state index contributed by atoms with van der Waals surface area (Å²) in [5.41, 5.74) is 0. The molecule has 0 N–H and O–H groups in total.